The summed E-state index contributed by atoms with van der Waals surface area (Å²) in [6, 6.07) is 13.0. The Balaban J connectivity index is 1.52. The van der Waals surface area contributed by atoms with Gasteiger partial charge >= 0.3 is 0 Å². The molecule has 0 aliphatic carbocycles. The van der Waals surface area contributed by atoms with Crippen molar-refractivity contribution in [3.63, 3.8) is 0 Å². The molecule has 0 radical (unpaired) electrons. The fourth-order valence-electron chi connectivity index (χ4n) is 4.16. The summed E-state index contributed by atoms with van der Waals surface area (Å²) in [4.78, 5) is 33.1. The summed E-state index contributed by atoms with van der Waals surface area (Å²) in [6.45, 7) is 4.84. The molecule has 2 aliphatic heterocycles. The minimum atomic E-state index is -0.316. The van der Waals surface area contributed by atoms with Crippen molar-refractivity contribution < 1.29 is 19.0 Å². The number of nitrogens with zero attached hydrogens (tertiary/aromatic N) is 3. The number of nitrogens with one attached hydrogen (secondary N) is 1. The van der Waals surface area contributed by atoms with E-state index in [0.717, 1.165) is 5.56 Å². The molecule has 2 aromatic carbocycles. The Labute approximate surface area is 190 Å². The van der Waals surface area contributed by atoms with Crippen LogP contribution in [0.5, 0.6) is 11.5 Å². The van der Waals surface area contributed by atoms with Crippen molar-refractivity contribution >= 4 is 22.8 Å². The highest BCUT2D eigenvalue weighted by Crippen LogP contribution is 2.34. The van der Waals surface area contributed by atoms with E-state index in [1.54, 1.807) is 12.1 Å². The monoisotopic (exact) mass is 450 g/mol. The fourth-order valence-corrected chi connectivity index (χ4v) is 4.16. The Kier molecular flexibility index (Phi) is 5.87. The van der Waals surface area contributed by atoms with Gasteiger partial charge in [-0.3, -0.25) is 14.2 Å². The highest BCUT2D eigenvalue weighted by molar-refractivity contribution is 5.84. The molecule has 1 aromatic heterocycles. The molecule has 1 saturated heterocycles. The third kappa shape index (κ3) is 4.36. The highest BCUT2D eigenvalue weighted by Gasteiger charge is 2.23. The normalized spacial score (nSPS) is 16.5. The van der Waals surface area contributed by atoms with Crippen LogP contribution in [0.3, 0.4) is 0 Å². The van der Waals surface area contributed by atoms with Gasteiger partial charge in [0, 0.05) is 25.2 Å². The first kappa shape index (κ1) is 21.3. The van der Waals surface area contributed by atoms with E-state index >= 15 is 0 Å². The van der Waals surface area contributed by atoms with E-state index in [1.807, 2.05) is 42.2 Å². The minimum absolute atomic E-state index is 0.133. The van der Waals surface area contributed by atoms with E-state index in [1.165, 1.54) is 4.57 Å². The summed E-state index contributed by atoms with van der Waals surface area (Å²) in [7, 11) is 0. The summed E-state index contributed by atoms with van der Waals surface area (Å²) in [5, 5.41) is 2.99. The molecule has 0 spiro atoms. The van der Waals surface area contributed by atoms with Gasteiger partial charge in [-0.1, -0.05) is 30.3 Å². The van der Waals surface area contributed by atoms with Crippen molar-refractivity contribution in [3.8, 4) is 11.5 Å². The van der Waals surface area contributed by atoms with Gasteiger partial charge in [-0.15, -0.1) is 0 Å². The average Bonchev–Trinajstić information content (AvgIpc) is 2.85. The van der Waals surface area contributed by atoms with Gasteiger partial charge in [-0.05, 0) is 12.5 Å². The molecule has 0 bridgehead atoms. The maximum Gasteiger partial charge on any atom is 0.294 e. The number of amides is 1. The number of ether oxygens (including phenoxy) is 3. The number of aromatic nitrogens is 2. The van der Waals surface area contributed by atoms with Crippen LogP contribution in [-0.2, 0) is 16.1 Å². The van der Waals surface area contributed by atoms with Crippen LogP contribution in [0.2, 0.25) is 0 Å². The number of benzene rings is 2. The van der Waals surface area contributed by atoms with E-state index < -0.39 is 0 Å². The van der Waals surface area contributed by atoms with Crippen molar-refractivity contribution in [1.82, 2.24) is 14.9 Å². The maximum atomic E-state index is 13.5. The first-order valence-corrected chi connectivity index (χ1v) is 11.1. The van der Waals surface area contributed by atoms with Gasteiger partial charge in [0.25, 0.3) is 5.56 Å². The predicted octanol–water partition coefficient (Wildman–Crippen LogP) is 1.88. The first-order valence-electron chi connectivity index (χ1n) is 11.1. The maximum absolute atomic E-state index is 13.5. The number of carbonyl (C=O) groups excluding carboxylic acids is 1. The van der Waals surface area contributed by atoms with Crippen molar-refractivity contribution in [2.24, 2.45) is 0 Å². The van der Waals surface area contributed by atoms with Crippen LogP contribution in [0.25, 0.3) is 11.0 Å². The van der Waals surface area contributed by atoms with Gasteiger partial charge in [0.1, 0.15) is 19.8 Å². The summed E-state index contributed by atoms with van der Waals surface area (Å²) >= 11 is 0. The van der Waals surface area contributed by atoms with E-state index in [-0.39, 0.29) is 24.1 Å². The molecule has 2 aliphatic rings. The van der Waals surface area contributed by atoms with Gasteiger partial charge in [-0.2, -0.15) is 0 Å². The topological polar surface area (TPSA) is 94.9 Å². The molecule has 0 unspecified atom stereocenters. The van der Waals surface area contributed by atoms with Gasteiger partial charge < -0.3 is 24.4 Å². The van der Waals surface area contributed by atoms with Crippen LogP contribution in [0.1, 0.15) is 18.5 Å². The molecule has 3 heterocycles. The van der Waals surface area contributed by atoms with Crippen molar-refractivity contribution in [3.05, 3.63) is 58.4 Å². The number of hydrogen-bond donors (Lipinski definition) is 1. The smallest absolute Gasteiger partial charge is 0.294 e. The first-order chi connectivity index (χ1) is 16.1. The quantitative estimate of drug-likeness (QED) is 0.634. The summed E-state index contributed by atoms with van der Waals surface area (Å²) in [6.07, 6.45) is 0. The standard InChI is InChI=1S/C24H26N4O5/c1-16(17-5-3-2-4-6-17)25-22(29)15-28-19-14-21-20(32-11-12-33-21)13-18(19)26-23(24(28)30)27-7-9-31-10-8-27/h2-6,13-14,16H,7-12,15H2,1H3,(H,25,29)/t16-/m0/s1. The molecule has 0 saturated carbocycles. The van der Waals surface area contributed by atoms with E-state index in [2.05, 4.69) is 10.3 Å². The largest absolute Gasteiger partial charge is 0.486 e. The molecule has 9 nitrogen and oxygen atoms in total. The zero-order chi connectivity index (χ0) is 22.8. The molecule has 172 valence electrons. The van der Waals surface area contributed by atoms with Gasteiger partial charge in [0.15, 0.2) is 17.3 Å². The Morgan fingerprint density at radius 1 is 1.06 bits per heavy atom. The van der Waals surface area contributed by atoms with Crippen molar-refractivity contribution in [1.29, 1.82) is 0 Å². The number of fused-ring (bicyclic) bond motifs is 2. The molecule has 1 atom stereocenters. The summed E-state index contributed by atoms with van der Waals surface area (Å²) in [5.41, 5.74) is 1.78. The summed E-state index contributed by atoms with van der Waals surface area (Å²) < 4.78 is 18.3. The zero-order valence-electron chi connectivity index (χ0n) is 18.5. The number of rotatable bonds is 5. The lowest BCUT2D eigenvalue weighted by Crippen LogP contribution is -2.42. The predicted molar refractivity (Wildman–Crippen MR) is 123 cm³/mol. The highest BCUT2D eigenvalue weighted by atomic mass is 16.6. The lowest BCUT2D eigenvalue weighted by Gasteiger charge is -2.28. The molecular weight excluding hydrogens is 424 g/mol. The van der Waals surface area contributed by atoms with E-state index in [0.29, 0.717) is 67.9 Å². The third-order valence-corrected chi connectivity index (χ3v) is 5.88. The number of morpholine rings is 1. The molecule has 9 heteroatoms. The van der Waals surface area contributed by atoms with Gasteiger partial charge in [0.05, 0.1) is 30.3 Å². The lowest BCUT2D eigenvalue weighted by atomic mass is 10.1. The van der Waals surface area contributed by atoms with E-state index in [4.69, 9.17) is 14.2 Å². The average molecular weight is 450 g/mol. The van der Waals surface area contributed by atoms with Crippen LogP contribution >= 0.6 is 0 Å². The second-order valence-electron chi connectivity index (χ2n) is 8.11. The van der Waals surface area contributed by atoms with Crippen LogP contribution in [0.15, 0.2) is 47.3 Å². The Hall–Kier alpha value is -3.59. The van der Waals surface area contributed by atoms with Crippen LogP contribution in [0, 0.1) is 0 Å². The van der Waals surface area contributed by atoms with E-state index in [9.17, 15) is 9.59 Å². The number of carbonyl (C=O) groups is 1. The van der Waals surface area contributed by atoms with Gasteiger partial charge in [-0.25, -0.2) is 4.98 Å². The third-order valence-electron chi connectivity index (χ3n) is 5.88. The second-order valence-corrected chi connectivity index (χ2v) is 8.11. The Morgan fingerprint density at radius 3 is 2.48 bits per heavy atom. The Bertz CT molecular complexity index is 1220. The van der Waals surface area contributed by atoms with Crippen molar-refractivity contribution in [2.45, 2.75) is 19.5 Å². The molecule has 33 heavy (non-hydrogen) atoms. The molecule has 5 rings (SSSR count). The van der Waals surface area contributed by atoms with Crippen LogP contribution in [0.4, 0.5) is 5.82 Å². The molecule has 1 fully saturated rings. The lowest BCUT2D eigenvalue weighted by molar-refractivity contribution is -0.122. The Morgan fingerprint density at radius 2 is 1.76 bits per heavy atom. The van der Waals surface area contributed by atoms with Crippen LogP contribution in [-0.4, -0.2) is 55.0 Å². The number of anilines is 1. The van der Waals surface area contributed by atoms with Gasteiger partial charge in [0.2, 0.25) is 5.91 Å². The molecule has 1 N–H and O–H groups in total. The molecular formula is C24H26N4O5. The van der Waals surface area contributed by atoms with Crippen molar-refractivity contribution in [2.75, 3.05) is 44.4 Å². The fraction of sp³-hybridized carbons (Fsp3) is 0.375. The number of hydrogen-bond acceptors (Lipinski definition) is 7. The second kappa shape index (κ2) is 9.11. The summed E-state index contributed by atoms with van der Waals surface area (Å²) in [5.74, 6) is 1.18. The molecule has 3 aromatic rings. The molecule has 1 amide bonds. The SMILES string of the molecule is C[C@H](NC(=O)Cn1c(=O)c(N2CCOCC2)nc2cc3c(cc21)OCCO3)c1ccccc1. The zero-order valence-corrected chi connectivity index (χ0v) is 18.5. The minimum Gasteiger partial charge on any atom is -0.486 e. The van der Waals surface area contributed by atoms with Crippen LogP contribution < -0.4 is 25.2 Å².